The Morgan fingerprint density at radius 2 is 1.63 bits per heavy atom. The van der Waals surface area contributed by atoms with Gasteiger partial charge in [-0.3, -0.25) is 19.5 Å². The molecule has 3 aromatic rings. The van der Waals surface area contributed by atoms with Gasteiger partial charge in [0.25, 0.3) is 17.9 Å². The third kappa shape index (κ3) is 14.0. The summed E-state index contributed by atoms with van der Waals surface area (Å²) in [5, 5.41) is 14.1. The number of ether oxygens (including phenoxy) is 4. The van der Waals surface area contributed by atoms with Crippen LogP contribution in [0.15, 0.2) is 34.9 Å². The molecule has 4 rings (SSSR count). The second kappa shape index (κ2) is 18.8. The lowest BCUT2D eigenvalue weighted by Gasteiger charge is -2.50. The molecule has 0 bridgehead atoms. The number of aromatic nitrogens is 3. The predicted octanol–water partition coefficient (Wildman–Crippen LogP) is 3.53. The van der Waals surface area contributed by atoms with Gasteiger partial charge in [-0.1, -0.05) is 5.16 Å². The van der Waals surface area contributed by atoms with Crippen molar-refractivity contribution >= 4 is 73.5 Å². The molecule has 0 radical (unpaired) electrons. The molecule has 1 saturated heterocycles. The van der Waals surface area contributed by atoms with Gasteiger partial charge in [-0.05, 0) is 94.7 Å². The van der Waals surface area contributed by atoms with E-state index in [0.717, 1.165) is 22.2 Å². The first-order chi connectivity index (χ1) is 28.4. The summed E-state index contributed by atoms with van der Waals surface area (Å²) < 4.78 is 62.3. The molecule has 1 aliphatic rings. The van der Waals surface area contributed by atoms with E-state index in [1.165, 1.54) is 19.2 Å². The lowest BCUT2D eigenvalue weighted by molar-refractivity contribution is -0.730. The van der Waals surface area contributed by atoms with E-state index in [0.29, 0.717) is 30.3 Å². The van der Waals surface area contributed by atoms with Crippen molar-refractivity contribution in [3.8, 4) is 5.75 Å². The standard InChI is InChI=1S/C38H54N8O14S2/c1-35(2,3)56-31(49)26(20-55-23-14-15-25-22(18-23)19-45(44(25)12)17-13-16-39-33(50)57-36(4,5)6)59-43-27(24-21-61-32(40-24)42-34(51)58-37(7,8)9)29(47)41-28-30(48)46(38(28,10)11)60-62(52,53)54/h14-15,18-19,21,26,28H,13,16-17,20H2,1-12H3,(H3-,39,40,41,42,47,50,51,52,53,54)/p+1/b43-27-. The first-order valence-corrected chi connectivity index (χ1v) is 21.5. The Kier molecular flexibility index (Phi) is 14.9. The number of thiazole rings is 1. The number of rotatable bonds is 16. The molecule has 3 heterocycles. The number of benzene rings is 1. The summed E-state index contributed by atoms with van der Waals surface area (Å²) in [5.74, 6) is -2.65. The minimum atomic E-state index is -5.08. The summed E-state index contributed by atoms with van der Waals surface area (Å²) in [7, 11) is -3.20. The van der Waals surface area contributed by atoms with Crippen molar-refractivity contribution in [3.05, 3.63) is 35.5 Å². The molecule has 342 valence electrons. The number of nitrogens with one attached hydrogen (secondary N) is 3. The highest BCUT2D eigenvalue weighted by atomic mass is 32.3. The van der Waals surface area contributed by atoms with Crippen LogP contribution in [0.3, 0.4) is 0 Å². The highest BCUT2D eigenvalue weighted by molar-refractivity contribution is 7.80. The van der Waals surface area contributed by atoms with Crippen LogP contribution in [0.4, 0.5) is 14.7 Å². The van der Waals surface area contributed by atoms with E-state index in [9.17, 15) is 32.4 Å². The van der Waals surface area contributed by atoms with Crippen molar-refractivity contribution in [3.63, 3.8) is 0 Å². The van der Waals surface area contributed by atoms with Crippen LogP contribution in [-0.4, -0.2) is 111 Å². The summed E-state index contributed by atoms with van der Waals surface area (Å²) in [6.07, 6.45) is -0.400. The van der Waals surface area contributed by atoms with E-state index >= 15 is 0 Å². The summed E-state index contributed by atoms with van der Waals surface area (Å²) in [4.78, 5) is 74.7. The molecule has 2 atom stereocenters. The maximum Gasteiger partial charge on any atom is 0.418 e. The molecule has 24 heteroatoms. The van der Waals surface area contributed by atoms with Crippen molar-refractivity contribution < 1.29 is 69.7 Å². The summed E-state index contributed by atoms with van der Waals surface area (Å²) >= 11 is 0.892. The molecule has 1 aromatic carbocycles. The van der Waals surface area contributed by atoms with Crippen LogP contribution in [0.25, 0.3) is 10.9 Å². The average molecular weight is 912 g/mol. The second-order valence-electron chi connectivity index (χ2n) is 17.6. The smallest absolute Gasteiger partial charge is 0.418 e. The van der Waals surface area contributed by atoms with Crippen molar-refractivity contribution in [2.24, 2.45) is 12.2 Å². The van der Waals surface area contributed by atoms with E-state index < -0.39 is 87.2 Å². The Morgan fingerprint density at radius 3 is 2.23 bits per heavy atom. The Morgan fingerprint density at radius 1 is 1.00 bits per heavy atom. The number of esters is 1. The fraction of sp³-hybridized carbons (Fsp3) is 0.579. The number of carbonyl (C=O) groups is 5. The number of nitrogens with zero attached hydrogens (tertiary/aromatic N) is 5. The molecule has 0 aliphatic carbocycles. The summed E-state index contributed by atoms with van der Waals surface area (Å²) in [5.41, 5.74) is -3.79. The number of hydrogen-bond donors (Lipinski definition) is 4. The lowest BCUT2D eigenvalue weighted by Crippen LogP contribution is -2.76. The largest absolute Gasteiger partial charge is 0.489 e. The van der Waals surface area contributed by atoms with E-state index in [4.69, 9.17) is 28.3 Å². The molecular weight excluding hydrogens is 857 g/mol. The molecule has 22 nitrogen and oxygen atoms in total. The van der Waals surface area contributed by atoms with Gasteiger partial charge in [-0.15, -0.1) is 20.3 Å². The van der Waals surface area contributed by atoms with E-state index in [2.05, 4.69) is 30.4 Å². The quantitative estimate of drug-likeness (QED) is 0.0234. The number of β-lactam (4-membered cyclic amide) rings is 1. The van der Waals surface area contributed by atoms with Crippen molar-refractivity contribution in [2.75, 3.05) is 18.5 Å². The summed E-state index contributed by atoms with van der Waals surface area (Å²) in [6, 6.07) is 3.86. The number of amides is 4. The van der Waals surface area contributed by atoms with Crippen molar-refractivity contribution in [1.29, 1.82) is 0 Å². The number of alkyl carbamates (subject to hydrolysis) is 1. The number of oxime groups is 1. The average Bonchev–Trinajstić information content (AvgIpc) is 3.69. The Bertz CT molecular complexity index is 2300. The van der Waals surface area contributed by atoms with Gasteiger partial charge in [-0.25, -0.2) is 19.4 Å². The Balaban J connectivity index is 1.58. The summed E-state index contributed by atoms with van der Waals surface area (Å²) in [6.45, 7) is 18.5. The van der Waals surface area contributed by atoms with E-state index in [-0.39, 0.29) is 10.8 Å². The zero-order valence-electron chi connectivity index (χ0n) is 36.7. The molecule has 4 N–H and O–H groups in total. The van der Waals surface area contributed by atoms with E-state index in [1.807, 2.05) is 28.7 Å². The zero-order chi connectivity index (χ0) is 46.6. The minimum absolute atomic E-state index is 0.00959. The molecule has 0 spiro atoms. The number of fused-ring (bicyclic) bond motifs is 1. The molecule has 2 aromatic heterocycles. The number of carbonyl (C=O) groups excluding carboxylic acids is 5. The monoisotopic (exact) mass is 911 g/mol. The fourth-order valence-corrected chi connectivity index (χ4v) is 6.75. The first-order valence-electron chi connectivity index (χ1n) is 19.3. The third-order valence-electron chi connectivity index (χ3n) is 8.29. The van der Waals surface area contributed by atoms with Gasteiger partial charge in [0.05, 0.1) is 23.7 Å². The molecular formula is C38H55N8O14S2+. The van der Waals surface area contributed by atoms with Gasteiger partial charge in [0.15, 0.2) is 17.9 Å². The van der Waals surface area contributed by atoms with Crippen LogP contribution in [0, 0.1) is 0 Å². The van der Waals surface area contributed by atoms with Gasteiger partial charge < -0.3 is 34.4 Å². The number of hydroxylamine groups is 2. The number of hydrogen-bond acceptors (Lipinski definition) is 16. The molecule has 62 heavy (non-hydrogen) atoms. The van der Waals surface area contributed by atoms with Gasteiger partial charge in [0.1, 0.15) is 40.9 Å². The van der Waals surface area contributed by atoms with Crippen LogP contribution < -0.4 is 25.4 Å². The SMILES string of the molecule is C[n+]1c2ccc(OCC(O/N=C(\C(=O)NC3C(=O)N(OS(=O)(=O)O)C3(C)C)c3csc(NC(=O)OC(C)(C)C)n3)C(=O)OC(C)(C)C)cc2cn1CCCNC(=O)OC(C)(C)C. The number of aryl methyl sites for hydroxylation is 2. The van der Waals surface area contributed by atoms with Crippen LogP contribution in [-0.2, 0) is 61.7 Å². The minimum Gasteiger partial charge on any atom is -0.489 e. The normalized spacial score (nSPS) is 16.2. The molecule has 4 amide bonds. The second-order valence-corrected chi connectivity index (χ2v) is 19.4. The highest BCUT2D eigenvalue weighted by Gasteiger charge is 2.58. The molecule has 2 unspecified atom stereocenters. The van der Waals surface area contributed by atoms with Crippen LogP contribution >= 0.6 is 11.3 Å². The zero-order valence-corrected chi connectivity index (χ0v) is 38.3. The fourth-order valence-electron chi connectivity index (χ4n) is 5.62. The van der Waals surface area contributed by atoms with Crippen LogP contribution in [0.2, 0.25) is 0 Å². The predicted molar refractivity (Wildman–Crippen MR) is 222 cm³/mol. The van der Waals surface area contributed by atoms with Gasteiger partial charge in [0, 0.05) is 18.0 Å². The van der Waals surface area contributed by atoms with Crippen molar-refractivity contribution in [1.82, 2.24) is 25.4 Å². The van der Waals surface area contributed by atoms with E-state index in [1.54, 1.807) is 74.4 Å². The van der Waals surface area contributed by atoms with Gasteiger partial charge in [0.2, 0.25) is 5.52 Å². The molecule has 1 aliphatic heterocycles. The van der Waals surface area contributed by atoms with Crippen molar-refractivity contribution in [2.45, 2.75) is 124 Å². The highest BCUT2D eigenvalue weighted by Crippen LogP contribution is 2.33. The maximum absolute atomic E-state index is 13.9. The first kappa shape index (κ1) is 49.1. The Hall–Kier alpha value is -5.59. The van der Waals surface area contributed by atoms with Gasteiger partial charge >= 0.3 is 28.6 Å². The lowest BCUT2D eigenvalue weighted by atomic mass is 9.84. The van der Waals surface area contributed by atoms with Crippen LogP contribution in [0.1, 0.15) is 88.3 Å². The molecule has 0 saturated carbocycles. The van der Waals surface area contributed by atoms with Gasteiger partial charge in [-0.2, -0.15) is 18.2 Å². The third-order valence-corrected chi connectivity index (χ3v) is 9.38. The number of anilines is 1. The maximum atomic E-state index is 13.9. The Labute approximate surface area is 363 Å². The molecule has 1 fully saturated rings. The topological polar surface area (TPSA) is 268 Å². The van der Waals surface area contributed by atoms with Crippen LogP contribution in [0.5, 0.6) is 5.75 Å².